The van der Waals surface area contributed by atoms with Crippen LogP contribution in [-0.4, -0.2) is 27.9 Å². The van der Waals surface area contributed by atoms with E-state index in [0.717, 1.165) is 12.8 Å². The minimum atomic E-state index is -0.971. The van der Waals surface area contributed by atoms with Crippen molar-refractivity contribution >= 4 is 6.09 Å². The molecule has 0 heterocycles. The second-order valence-electron chi connectivity index (χ2n) is 3.72. The smallest absolute Gasteiger partial charge is 0.404 e. The van der Waals surface area contributed by atoms with E-state index in [2.05, 4.69) is 5.32 Å². The van der Waals surface area contributed by atoms with E-state index in [9.17, 15) is 9.90 Å². The normalized spacial score (nSPS) is 36.0. The van der Waals surface area contributed by atoms with Crippen LogP contribution in [0.15, 0.2) is 0 Å². The quantitative estimate of drug-likeness (QED) is 0.553. The summed E-state index contributed by atoms with van der Waals surface area (Å²) in [5, 5.41) is 20.4. The lowest BCUT2D eigenvalue weighted by Crippen LogP contribution is -2.41. The van der Waals surface area contributed by atoms with Crippen molar-refractivity contribution in [3.05, 3.63) is 0 Å². The van der Waals surface area contributed by atoms with E-state index in [4.69, 9.17) is 5.11 Å². The summed E-state index contributed by atoms with van der Waals surface area (Å²) in [7, 11) is 0. The molecule has 0 unspecified atom stereocenters. The molecule has 0 saturated heterocycles. The average Bonchev–Trinajstić information content (AvgIpc) is 1.93. The molecular weight excluding hydrogens is 158 g/mol. The van der Waals surface area contributed by atoms with E-state index in [1.54, 1.807) is 6.92 Å². The van der Waals surface area contributed by atoms with Gasteiger partial charge in [0.15, 0.2) is 0 Å². The van der Waals surface area contributed by atoms with Gasteiger partial charge in [-0.05, 0) is 32.6 Å². The maximum absolute atomic E-state index is 10.3. The second kappa shape index (κ2) is 3.31. The summed E-state index contributed by atoms with van der Waals surface area (Å²) in [5.74, 6) is 0. The molecule has 0 spiro atoms. The fraction of sp³-hybridized carbons (Fsp3) is 0.875. The number of amides is 1. The highest BCUT2D eigenvalue weighted by Gasteiger charge is 2.28. The highest BCUT2D eigenvalue weighted by Crippen LogP contribution is 2.27. The molecule has 0 aliphatic heterocycles. The lowest BCUT2D eigenvalue weighted by atomic mass is 9.84. The Bertz CT molecular complexity index is 169. The van der Waals surface area contributed by atoms with Crippen molar-refractivity contribution in [3.8, 4) is 0 Å². The van der Waals surface area contributed by atoms with Crippen LogP contribution in [0.1, 0.15) is 32.6 Å². The number of carboxylic acid groups (broad SMARTS) is 1. The van der Waals surface area contributed by atoms with Crippen LogP contribution >= 0.6 is 0 Å². The number of hydrogen-bond acceptors (Lipinski definition) is 2. The first kappa shape index (κ1) is 9.32. The largest absolute Gasteiger partial charge is 0.465 e. The average molecular weight is 173 g/mol. The molecule has 0 radical (unpaired) electrons. The van der Waals surface area contributed by atoms with Crippen LogP contribution in [-0.2, 0) is 0 Å². The topological polar surface area (TPSA) is 69.6 Å². The first-order chi connectivity index (χ1) is 5.49. The zero-order chi connectivity index (χ0) is 9.19. The summed E-state index contributed by atoms with van der Waals surface area (Å²) in [6, 6.07) is 0.0303. The van der Waals surface area contributed by atoms with Crippen molar-refractivity contribution in [3.63, 3.8) is 0 Å². The summed E-state index contributed by atoms with van der Waals surface area (Å²) in [5.41, 5.74) is -0.587. The van der Waals surface area contributed by atoms with Crippen molar-refractivity contribution < 1.29 is 15.0 Å². The second-order valence-corrected chi connectivity index (χ2v) is 3.72. The van der Waals surface area contributed by atoms with Crippen LogP contribution in [0.3, 0.4) is 0 Å². The molecule has 0 aromatic rings. The van der Waals surface area contributed by atoms with Gasteiger partial charge in [0.2, 0.25) is 0 Å². The molecule has 70 valence electrons. The highest BCUT2D eigenvalue weighted by atomic mass is 16.4. The van der Waals surface area contributed by atoms with Crippen molar-refractivity contribution in [1.82, 2.24) is 5.32 Å². The molecule has 1 saturated carbocycles. The van der Waals surface area contributed by atoms with Gasteiger partial charge < -0.3 is 15.5 Å². The number of nitrogens with one attached hydrogen (secondary N) is 1. The number of hydrogen-bond donors (Lipinski definition) is 3. The Morgan fingerprint density at radius 3 is 2.42 bits per heavy atom. The lowest BCUT2D eigenvalue weighted by Gasteiger charge is -2.32. The summed E-state index contributed by atoms with van der Waals surface area (Å²) < 4.78 is 0. The van der Waals surface area contributed by atoms with Gasteiger partial charge in [0.05, 0.1) is 5.60 Å². The molecule has 1 aliphatic carbocycles. The Balaban J connectivity index is 2.31. The number of carbonyl (C=O) groups is 1. The van der Waals surface area contributed by atoms with Crippen molar-refractivity contribution in [2.24, 2.45) is 0 Å². The van der Waals surface area contributed by atoms with Gasteiger partial charge in [0, 0.05) is 6.04 Å². The highest BCUT2D eigenvalue weighted by molar-refractivity contribution is 5.64. The molecule has 12 heavy (non-hydrogen) atoms. The van der Waals surface area contributed by atoms with Crippen molar-refractivity contribution in [2.75, 3.05) is 0 Å². The molecule has 1 fully saturated rings. The van der Waals surface area contributed by atoms with Gasteiger partial charge in [0.25, 0.3) is 0 Å². The fourth-order valence-electron chi connectivity index (χ4n) is 1.56. The van der Waals surface area contributed by atoms with Gasteiger partial charge in [0.1, 0.15) is 0 Å². The third-order valence-corrected chi connectivity index (χ3v) is 2.39. The molecule has 0 aromatic heterocycles. The molecule has 0 bridgehead atoms. The van der Waals surface area contributed by atoms with Gasteiger partial charge in [-0.2, -0.15) is 0 Å². The first-order valence-corrected chi connectivity index (χ1v) is 4.21. The van der Waals surface area contributed by atoms with Crippen LogP contribution in [0.2, 0.25) is 0 Å². The van der Waals surface area contributed by atoms with E-state index >= 15 is 0 Å². The number of rotatable bonds is 1. The zero-order valence-electron chi connectivity index (χ0n) is 7.21. The maximum atomic E-state index is 10.3. The van der Waals surface area contributed by atoms with Gasteiger partial charge in [-0.25, -0.2) is 4.79 Å². The molecule has 1 amide bonds. The molecule has 4 heteroatoms. The SMILES string of the molecule is CC1(O)CCC(NC(=O)O)CC1. The van der Waals surface area contributed by atoms with Crippen LogP contribution in [0, 0.1) is 0 Å². The minimum Gasteiger partial charge on any atom is -0.465 e. The molecule has 0 atom stereocenters. The summed E-state index contributed by atoms with van der Waals surface area (Å²) >= 11 is 0. The summed E-state index contributed by atoms with van der Waals surface area (Å²) in [6.07, 6.45) is 1.86. The third-order valence-electron chi connectivity index (χ3n) is 2.39. The Morgan fingerprint density at radius 1 is 1.50 bits per heavy atom. The molecule has 1 rings (SSSR count). The molecular formula is C8H15NO3. The van der Waals surface area contributed by atoms with Crippen molar-refractivity contribution in [1.29, 1.82) is 0 Å². The number of aliphatic hydroxyl groups is 1. The van der Waals surface area contributed by atoms with E-state index in [0.29, 0.717) is 12.8 Å². The van der Waals surface area contributed by atoms with Gasteiger partial charge in [-0.3, -0.25) is 0 Å². The van der Waals surface area contributed by atoms with Gasteiger partial charge in [-0.1, -0.05) is 0 Å². The predicted octanol–water partition coefficient (Wildman–Crippen LogP) is 0.948. The minimum absolute atomic E-state index is 0.0303. The summed E-state index contributed by atoms with van der Waals surface area (Å²) in [6.45, 7) is 1.80. The molecule has 0 aromatic carbocycles. The van der Waals surface area contributed by atoms with Gasteiger partial charge in [-0.15, -0.1) is 0 Å². The zero-order valence-corrected chi connectivity index (χ0v) is 7.21. The molecule has 1 aliphatic rings. The van der Waals surface area contributed by atoms with E-state index < -0.39 is 11.7 Å². The third kappa shape index (κ3) is 2.70. The predicted molar refractivity (Wildman–Crippen MR) is 44.0 cm³/mol. The standard InChI is InChI=1S/C8H15NO3/c1-8(12)4-2-6(3-5-8)9-7(10)11/h6,9,12H,2-5H2,1H3,(H,10,11). The van der Waals surface area contributed by atoms with Crippen molar-refractivity contribution in [2.45, 2.75) is 44.2 Å². The molecule has 3 N–H and O–H groups in total. The van der Waals surface area contributed by atoms with E-state index in [1.165, 1.54) is 0 Å². The summed E-state index contributed by atoms with van der Waals surface area (Å²) in [4.78, 5) is 10.3. The Hall–Kier alpha value is -0.770. The monoisotopic (exact) mass is 173 g/mol. The molecule has 4 nitrogen and oxygen atoms in total. The van der Waals surface area contributed by atoms with Crippen LogP contribution in [0.5, 0.6) is 0 Å². The first-order valence-electron chi connectivity index (χ1n) is 4.21. The van der Waals surface area contributed by atoms with E-state index in [1.807, 2.05) is 0 Å². The Morgan fingerprint density at radius 2 is 2.00 bits per heavy atom. The fourth-order valence-corrected chi connectivity index (χ4v) is 1.56. The van der Waals surface area contributed by atoms with E-state index in [-0.39, 0.29) is 6.04 Å². The maximum Gasteiger partial charge on any atom is 0.404 e. The van der Waals surface area contributed by atoms with Crippen LogP contribution in [0.4, 0.5) is 4.79 Å². The van der Waals surface area contributed by atoms with Crippen LogP contribution < -0.4 is 5.32 Å². The Kier molecular flexibility index (Phi) is 2.57. The Labute approximate surface area is 71.6 Å². The lowest BCUT2D eigenvalue weighted by molar-refractivity contribution is 0.0144. The van der Waals surface area contributed by atoms with Gasteiger partial charge >= 0.3 is 6.09 Å². The van der Waals surface area contributed by atoms with Crippen LogP contribution in [0.25, 0.3) is 0 Å².